The highest BCUT2D eigenvalue weighted by molar-refractivity contribution is 9.11. The molecule has 0 saturated carbocycles. The van der Waals surface area contributed by atoms with E-state index in [0.29, 0.717) is 11.0 Å². The lowest BCUT2D eigenvalue weighted by molar-refractivity contribution is 0.0954. The molecule has 0 radical (unpaired) electrons. The fourth-order valence-electron chi connectivity index (χ4n) is 1.14. The summed E-state index contributed by atoms with van der Waals surface area (Å²) < 4.78 is 5.56. The quantitative estimate of drug-likeness (QED) is 0.890. The Morgan fingerprint density at radius 3 is 2.88 bits per heavy atom. The first-order valence-corrected chi connectivity index (χ1v) is 5.33. The molecule has 86 valence electrons. The number of phenols is 1. The summed E-state index contributed by atoms with van der Waals surface area (Å²) in [7, 11) is 1.43. The van der Waals surface area contributed by atoms with Crippen molar-refractivity contribution < 1.29 is 14.6 Å². The third kappa shape index (κ3) is 3.00. The Balaban J connectivity index is 2.87. The van der Waals surface area contributed by atoms with Crippen molar-refractivity contribution in [1.29, 1.82) is 0 Å². The van der Waals surface area contributed by atoms with Gasteiger partial charge in [-0.3, -0.25) is 4.79 Å². The number of methoxy groups -OCH3 is 1. The van der Waals surface area contributed by atoms with Crippen LogP contribution in [0.25, 0.3) is 0 Å². The van der Waals surface area contributed by atoms with Crippen LogP contribution in [0.5, 0.6) is 11.5 Å². The van der Waals surface area contributed by atoms with E-state index in [2.05, 4.69) is 27.8 Å². The second-order valence-corrected chi connectivity index (χ2v) is 4.18. The SMILES string of the molecule is C=C(Br)CNC(=O)c1cccc(OC)c1O. The average molecular weight is 286 g/mol. The van der Waals surface area contributed by atoms with Gasteiger partial charge in [0.25, 0.3) is 5.91 Å². The summed E-state index contributed by atoms with van der Waals surface area (Å²) in [6, 6.07) is 4.73. The molecule has 16 heavy (non-hydrogen) atoms. The van der Waals surface area contributed by atoms with Gasteiger partial charge in [0.15, 0.2) is 11.5 Å². The Labute approximate surface area is 102 Å². The predicted molar refractivity (Wildman–Crippen MR) is 65.1 cm³/mol. The van der Waals surface area contributed by atoms with Gasteiger partial charge in [-0.1, -0.05) is 28.6 Å². The average Bonchev–Trinajstić information content (AvgIpc) is 2.26. The van der Waals surface area contributed by atoms with Crippen LogP contribution in [0.4, 0.5) is 0 Å². The maximum atomic E-state index is 11.6. The van der Waals surface area contributed by atoms with Gasteiger partial charge in [-0.15, -0.1) is 0 Å². The fraction of sp³-hybridized carbons (Fsp3) is 0.182. The molecule has 0 bridgehead atoms. The van der Waals surface area contributed by atoms with Crippen LogP contribution in [0.3, 0.4) is 0 Å². The van der Waals surface area contributed by atoms with Crippen LogP contribution in [0, 0.1) is 0 Å². The summed E-state index contributed by atoms with van der Waals surface area (Å²) in [5, 5.41) is 12.3. The number of para-hydroxylation sites is 1. The zero-order chi connectivity index (χ0) is 12.1. The molecule has 0 spiro atoms. The largest absolute Gasteiger partial charge is 0.504 e. The van der Waals surface area contributed by atoms with Crippen LogP contribution < -0.4 is 10.1 Å². The summed E-state index contributed by atoms with van der Waals surface area (Å²) in [4.78, 5) is 11.6. The zero-order valence-electron chi connectivity index (χ0n) is 8.79. The van der Waals surface area contributed by atoms with Gasteiger partial charge < -0.3 is 15.2 Å². The monoisotopic (exact) mass is 285 g/mol. The van der Waals surface area contributed by atoms with Crippen LogP contribution in [-0.4, -0.2) is 24.7 Å². The summed E-state index contributed by atoms with van der Waals surface area (Å²) >= 11 is 3.13. The number of carbonyl (C=O) groups excluding carboxylic acids is 1. The van der Waals surface area contributed by atoms with Crippen molar-refractivity contribution in [1.82, 2.24) is 5.32 Å². The number of ether oxygens (including phenoxy) is 1. The van der Waals surface area contributed by atoms with E-state index in [-0.39, 0.29) is 23.0 Å². The van der Waals surface area contributed by atoms with E-state index in [1.54, 1.807) is 12.1 Å². The smallest absolute Gasteiger partial charge is 0.255 e. The lowest BCUT2D eigenvalue weighted by atomic mass is 10.1. The molecule has 1 rings (SSSR count). The standard InChI is InChI=1S/C11H12BrNO3/c1-7(12)6-13-11(15)8-4-3-5-9(16-2)10(8)14/h3-5,14H,1,6H2,2H3,(H,13,15). The number of amides is 1. The van der Waals surface area contributed by atoms with E-state index in [4.69, 9.17) is 4.74 Å². The summed E-state index contributed by atoms with van der Waals surface area (Å²) in [6.45, 7) is 3.89. The Kier molecular flexibility index (Phi) is 4.37. The van der Waals surface area contributed by atoms with Crippen molar-refractivity contribution >= 4 is 21.8 Å². The van der Waals surface area contributed by atoms with Gasteiger partial charge in [0.2, 0.25) is 0 Å². The van der Waals surface area contributed by atoms with Crippen LogP contribution in [0.1, 0.15) is 10.4 Å². The maximum Gasteiger partial charge on any atom is 0.255 e. The molecule has 0 unspecified atom stereocenters. The fourth-order valence-corrected chi connectivity index (χ4v) is 1.28. The van der Waals surface area contributed by atoms with Crippen molar-refractivity contribution in [2.45, 2.75) is 0 Å². The highest BCUT2D eigenvalue weighted by Gasteiger charge is 2.13. The molecular weight excluding hydrogens is 274 g/mol. The second-order valence-electron chi connectivity index (χ2n) is 3.06. The van der Waals surface area contributed by atoms with Gasteiger partial charge in [0.05, 0.1) is 12.7 Å². The third-order valence-electron chi connectivity index (χ3n) is 1.90. The molecule has 1 amide bonds. The molecule has 0 saturated heterocycles. The normalized spacial score (nSPS) is 9.62. The maximum absolute atomic E-state index is 11.6. The second kappa shape index (κ2) is 5.55. The van der Waals surface area contributed by atoms with Gasteiger partial charge in [-0.2, -0.15) is 0 Å². The number of hydrogen-bond acceptors (Lipinski definition) is 3. The van der Waals surface area contributed by atoms with Crippen LogP contribution >= 0.6 is 15.9 Å². The third-order valence-corrected chi connectivity index (χ3v) is 2.18. The minimum atomic E-state index is -0.378. The molecule has 0 aliphatic rings. The van der Waals surface area contributed by atoms with E-state index < -0.39 is 0 Å². The first-order valence-electron chi connectivity index (χ1n) is 4.53. The number of halogens is 1. The van der Waals surface area contributed by atoms with E-state index in [1.807, 2.05) is 0 Å². The molecule has 0 aliphatic carbocycles. The molecule has 1 aromatic carbocycles. The van der Waals surface area contributed by atoms with Crippen molar-refractivity contribution in [2.75, 3.05) is 13.7 Å². The van der Waals surface area contributed by atoms with Crippen molar-refractivity contribution in [2.24, 2.45) is 0 Å². The Bertz CT molecular complexity index is 418. The van der Waals surface area contributed by atoms with Gasteiger partial charge >= 0.3 is 0 Å². The number of phenolic OH excluding ortho intramolecular Hbond substituents is 1. The van der Waals surface area contributed by atoms with E-state index in [0.717, 1.165) is 0 Å². The topological polar surface area (TPSA) is 58.6 Å². The molecule has 0 heterocycles. The first kappa shape index (κ1) is 12.6. The van der Waals surface area contributed by atoms with Crippen molar-refractivity contribution in [3.8, 4) is 11.5 Å². The molecule has 0 fully saturated rings. The molecule has 1 aromatic rings. The molecule has 0 aromatic heterocycles. The predicted octanol–water partition coefficient (Wildman–Crippen LogP) is 2.04. The first-order chi connectivity index (χ1) is 7.56. The lowest BCUT2D eigenvalue weighted by Gasteiger charge is -2.08. The molecule has 2 N–H and O–H groups in total. The van der Waals surface area contributed by atoms with E-state index in [1.165, 1.54) is 13.2 Å². The number of aromatic hydroxyl groups is 1. The Morgan fingerprint density at radius 1 is 1.62 bits per heavy atom. The van der Waals surface area contributed by atoms with Crippen molar-refractivity contribution in [3.63, 3.8) is 0 Å². The zero-order valence-corrected chi connectivity index (χ0v) is 10.4. The minimum Gasteiger partial charge on any atom is -0.504 e. The number of hydrogen-bond donors (Lipinski definition) is 2. The van der Waals surface area contributed by atoms with Crippen LogP contribution in [0.2, 0.25) is 0 Å². The number of benzene rings is 1. The molecular formula is C11H12BrNO3. The summed E-state index contributed by atoms with van der Waals surface area (Å²) in [5.74, 6) is -0.273. The lowest BCUT2D eigenvalue weighted by Crippen LogP contribution is -2.24. The number of rotatable bonds is 4. The minimum absolute atomic E-state index is 0.164. The van der Waals surface area contributed by atoms with Crippen LogP contribution in [-0.2, 0) is 0 Å². The number of nitrogens with one attached hydrogen (secondary N) is 1. The molecule has 5 heteroatoms. The number of carbonyl (C=O) groups is 1. The highest BCUT2D eigenvalue weighted by Crippen LogP contribution is 2.29. The van der Waals surface area contributed by atoms with Crippen LogP contribution in [0.15, 0.2) is 29.3 Å². The molecule has 0 aliphatic heterocycles. The highest BCUT2D eigenvalue weighted by atomic mass is 79.9. The summed E-state index contributed by atoms with van der Waals surface area (Å²) in [6.07, 6.45) is 0. The van der Waals surface area contributed by atoms with E-state index in [9.17, 15) is 9.90 Å². The van der Waals surface area contributed by atoms with Gasteiger partial charge in [-0.25, -0.2) is 0 Å². The van der Waals surface area contributed by atoms with Gasteiger partial charge in [0.1, 0.15) is 0 Å². The molecule has 0 atom stereocenters. The summed E-state index contributed by atoms with van der Waals surface area (Å²) in [5.41, 5.74) is 0.174. The van der Waals surface area contributed by atoms with Gasteiger partial charge in [-0.05, 0) is 12.1 Å². The van der Waals surface area contributed by atoms with Crippen molar-refractivity contribution in [3.05, 3.63) is 34.8 Å². The Morgan fingerprint density at radius 2 is 2.31 bits per heavy atom. The van der Waals surface area contributed by atoms with Gasteiger partial charge in [0, 0.05) is 11.0 Å². The Hall–Kier alpha value is -1.49. The molecule has 4 nitrogen and oxygen atoms in total. The van der Waals surface area contributed by atoms with E-state index >= 15 is 0 Å².